The molecule has 2 aromatic rings. The van der Waals surface area contributed by atoms with Crippen LogP contribution in [-0.4, -0.2) is 4.86 Å². The molecule has 0 atom stereocenters. The number of hydrogen-bond acceptors (Lipinski definition) is 0. The van der Waals surface area contributed by atoms with E-state index in [0.29, 0.717) is 0 Å². The highest BCUT2D eigenvalue weighted by Gasteiger charge is 2.08. The molecule has 0 saturated carbocycles. The Labute approximate surface area is 118 Å². The van der Waals surface area contributed by atoms with Crippen molar-refractivity contribution in [3.05, 3.63) is 89.5 Å². The second kappa shape index (κ2) is 5.33. The Kier molecular flexibility index (Phi) is 3.39. The molecule has 0 nitrogen and oxygen atoms in total. The number of hydrogen-bond donors (Lipinski definition) is 0. The van der Waals surface area contributed by atoms with Gasteiger partial charge in [0.15, 0.2) is 0 Å². The van der Waals surface area contributed by atoms with Crippen LogP contribution in [0, 0.1) is 0 Å². The second-order valence-electron chi connectivity index (χ2n) is 4.60. The van der Waals surface area contributed by atoms with Crippen LogP contribution in [0.3, 0.4) is 0 Å². The highest BCUT2D eigenvalue weighted by atomic mass is 32.1. The molecular weight excluding hydrogens is 248 g/mol. The van der Waals surface area contributed by atoms with E-state index in [1.54, 1.807) is 0 Å². The molecule has 0 fully saturated rings. The molecule has 1 heterocycles. The van der Waals surface area contributed by atoms with Crippen molar-refractivity contribution in [1.82, 2.24) is 0 Å². The van der Waals surface area contributed by atoms with Crippen molar-refractivity contribution in [2.24, 2.45) is 0 Å². The van der Waals surface area contributed by atoms with Gasteiger partial charge in [-0.15, -0.1) is 11.4 Å². The summed E-state index contributed by atoms with van der Waals surface area (Å²) in [5, 5.41) is 0. The predicted molar refractivity (Wildman–Crippen MR) is 86.3 cm³/mol. The normalized spacial score (nSPS) is 14.5. The summed E-state index contributed by atoms with van der Waals surface area (Å²) in [6.45, 7) is 2.16. The third-order valence-corrected chi connectivity index (χ3v) is 4.20. The smallest absolute Gasteiger partial charge is 0.0351 e. The number of benzene rings is 2. The van der Waals surface area contributed by atoms with E-state index in [4.69, 9.17) is 0 Å². The Morgan fingerprint density at radius 3 is 1.89 bits per heavy atom. The first-order valence-electron chi connectivity index (χ1n) is 6.38. The molecule has 1 aliphatic rings. The molecule has 1 aliphatic heterocycles. The van der Waals surface area contributed by atoms with Gasteiger partial charge in [0, 0.05) is 9.77 Å². The maximum Gasteiger partial charge on any atom is 0.0351 e. The predicted octanol–water partition coefficient (Wildman–Crippen LogP) is 4.94. The van der Waals surface area contributed by atoms with Crippen LogP contribution in [0.25, 0.3) is 4.91 Å². The first-order chi connectivity index (χ1) is 9.33. The molecule has 3 rings (SSSR count). The summed E-state index contributed by atoms with van der Waals surface area (Å²) in [6.07, 6.45) is 4.51. The summed E-state index contributed by atoms with van der Waals surface area (Å²) in [5.41, 5.74) is 3.87. The zero-order valence-corrected chi connectivity index (χ0v) is 11.7. The van der Waals surface area contributed by atoms with Gasteiger partial charge in [-0.2, -0.15) is 0 Å². The standard InChI is InChI=1S/C18H15S/c1-14-12-17(15-8-4-2-5-9-15)19-18(13-14)16-10-6-3-7-11-16/h2-13H,1H3. The molecule has 0 aromatic heterocycles. The van der Waals surface area contributed by atoms with E-state index in [1.807, 2.05) is 11.4 Å². The molecule has 2 aromatic carbocycles. The molecule has 0 N–H and O–H groups in total. The van der Waals surface area contributed by atoms with E-state index in [0.717, 1.165) is 0 Å². The summed E-state index contributed by atoms with van der Waals surface area (Å²) < 4.78 is 0. The Balaban J connectivity index is 2.05. The van der Waals surface area contributed by atoms with E-state index < -0.39 is 0 Å². The Hall–Kier alpha value is -1.99. The van der Waals surface area contributed by atoms with E-state index in [-0.39, 0.29) is 0 Å². The molecule has 0 unspecified atom stereocenters. The Bertz CT molecular complexity index is 621. The third kappa shape index (κ3) is 2.72. The molecule has 0 bridgehead atoms. The molecule has 0 amide bonds. The maximum atomic E-state index is 2.26. The zero-order valence-electron chi connectivity index (χ0n) is 10.8. The van der Waals surface area contributed by atoms with Crippen LogP contribution in [0.2, 0.25) is 0 Å². The van der Waals surface area contributed by atoms with Gasteiger partial charge in [-0.1, -0.05) is 60.7 Å². The lowest BCUT2D eigenvalue weighted by atomic mass is 10.1. The fraction of sp³-hybridized carbons (Fsp3) is 0.0556. The van der Waals surface area contributed by atoms with Crippen LogP contribution in [0.5, 0.6) is 0 Å². The average molecular weight is 263 g/mol. The van der Waals surface area contributed by atoms with Gasteiger partial charge in [0.1, 0.15) is 0 Å². The molecule has 0 saturated heterocycles. The van der Waals surface area contributed by atoms with E-state index >= 15 is 0 Å². The minimum Gasteiger partial charge on any atom is -0.135 e. The molecule has 19 heavy (non-hydrogen) atoms. The van der Waals surface area contributed by atoms with E-state index in [9.17, 15) is 0 Å². The average Bonchev–Trinajstić information content (AvgIpc) is 2.48. The molecule has 0 aliphatic carbocycles. The summed E-state index contributed by atoms with van der Waals surface area (Å²) in [6, 6.07) is 21.1. The molecular formula is C18H15S. The lowest BCUT2D eigenvalue weighted by Crippen LogP contribution is -1.98. The van der Waals surface area contributed by atoms with Crippen molar-refractivity contribution in [3.63, 3.8) is 0 Å². The van der Waals surface area contributed by atoms with Crippen LogP contribution in [0.1, 0.15) is 18.1 Å². The van der Waals surface area contributed by atoms with Crippen molar-refractivity contribution >= 4 is 21.1 Å². The molecule has 1 radical (unpaired) electrons. The summed E-state index contributed by atoms with van der Waals surface area (Å²) in [4.78, 5) is 2.64. The van der Waals surface area contributed by atoms with Gasteiger partial charge in [-0.25, -0.2) is 0 Å². The quantitative estimate of drug-likeness (QED) is 0.673. The van der Waals surface area contributed by atoms with Crippen molar-refractivity contribution in [1.29, 1.82) is 0 Å². The fourth-order valence-electron chi connectivity index (χ4n) is 2.12. The molecule has 93 valence electrons. The van der Waals surface area contributed by atoms with Crippen LogP contribution < -0.4 is 0 Å². The van der Waals surface area contributed by atoms with Crippen molar-refractivity contribution in [2.45, 2.75) is 6.92 Å². The van der Waals surface area contributed by atoms with Gasteiger partial charge in [0.2, 0.25) is 0 Å². The van der Waals surface area contributed by atoms with Gasteiger partial charge in [0.25, 0.3) is 0 Å². The van der Waals surface area contributed by atoms with E-state index in [2.05, 4.69) is 79.7 Å². The van der Waals surface area contributed by atoms with Gasteiger partial charge in [-0.05, 0) is 35.8 Å². The van der Waals surface area contributed by atoms with Crippen molar-refractivity contribution in [2.75, 3.05) is 0 Å². The lowest BCUT2D eigenvalue weighted by molar-refractivity contribution is 1.53. The minimum atomic E-state index is 1.29. The van der Waals surface area contributed by atoms with Crippen LogP contribution in [0.15, 0.2) is 78.4 Å². The topological polar surface area (TPSA) is 0 Å². The highest BCUT2D eigenvalue weighted by molar-refractivity contribution is 8.08. The number of rotatable bonds is 2. The van der Waals surface area contributed by atoms with Gasteiger partial charge >= 0.3 is 0 Å². The summed E-state index contributed by atoms with van der Waals surface area (Å²) in [7, 11) is 0. The minimum absolute atomic E-state index is 1.29. The first-order valence-corrected chi connectivity index (χ1v) is 7.20. The van der Waals surface area contributed by atoms with Gasteiger partial charge in [0.05, 0.1) is 0 Å². The number of allylic oxidation sites excluding steroid dienone is 3. The maximum absolute atomic E-state index is 2.26. The Morgan fingerprint density at radius 2 is 1.26 bits per heavy atom. The first kappa shape index (κ1) is 12.1. The van der Waals surface area contributed by atoms with Crippen LogP contribution >= 0.6 is 11.4 Å². The van der Waals surface area contributed by atoms with Crippen LogP contribution in [-0.2, 0) is 0 Å². The van der Waals surface area contributed by atoms with Crippen LogP contribution in [0.4, 0.5) is 0 Å². The van der Waals surface area contributed by atoms with Crippen molar-refractivity contribution in [3.8, 4) is 0 Å². The summed E-state index contributed by atoms with van der Waals surface area (Å²) in [5.74, 6) is 0. The monoisotopic (exact) mass is 263 g/mol. The highest BCUT2D eigenvalue weighted by Crippen LogP contribution is 2.29. The van der Waals surface area contributed by atoms with Crippen molar-refractivity contribution < 1.29 is 0 Å². The fourth-order valence-corrected chi connectivity index (χ4v) is 3.36. The lowest BCUT2D eigenvalue weighted by Gasteiger charge is -2.12. The zero-order chi connectivity index (χ0) is 13.1. The SMILES string of the molecule is CC1=CC(c2ccccc2)=[S]C(c2ccccc2)=C1. The second-order valence-corrected chi connectivity index (χ2v) is 5.68. The van der Waals surface area contributed by atoms with Gasteiger partial charge < -0.3 is 0 Å². The Morgan fingerprint density at radius 1 is 0.684 bits per heavy atom. The van der Waals surface area contributed by atoms with Gasteiger partial charge in [-0.3, -0.25) is 0 Å². The third-order valence-electron chi connectivity index (χ3n) is 3.05. The molecule has 0 spiro atoms. The summed E-state index contributed by atoms with van der Waals surface area (Å²) >= 11 is 1.84. The largest absolute Gasteiger partial charge is 0.135 e. The van der Waals surface area contributed by atoms with E-state index in [1.165, 1.54) is 26.5 Å². The molecule has 1 heteroatoms.